The molecule has 1 spiro atoms. The normalized spacial score (nSPS) is 20.8. The predicted molar refractivity (Wildman–Crippen MR) is 160 cm³/mol. The van der Waals surface area contributed by atoms with E-state index in [9.17, 15) is 14.4 Å². The first-order chi connectivity index (χ1) is 20.8. The van der Waals surface area contributed by atoms with Crippen LogP contribution in [0.15, 0.2) is 48.9 Å². The van der Waals surface area contributed by atoms with Crippen LogP contribution in [0.5, 0.6) is 0 Å². The molecular formula is C33H33FN6O3. The fourth-order valence-electron chi connectivity index (χ4n) is 7.74. The van der Waals surface area contributed by atoms with E-state index in [1.807, 2.05) is 45.0 Å². The van der Waals surface area contributed by atoms with Crippen LogP contribution in [0, 0.1) is 11.2 Å². The minimum absolute atomic E-state index is 0.00774. The predicted octanol–water partition coefficient (Wildman–Crippen LogP) is 4.23. The van der Waals surface area contributed by atoms with Crippen molar-refractivity contribution in [2.45, 2.75) is 38.8 Å². The van der Waals surface area contributed by atoms with Gasteiger partial charge in [-0.05, 0) is 74.6 Å². The number of carbonyl (C=O) groups excluding carboxylic acids is 3. The maximum atomic E-state index is 15.3. The van der Waals surface area contributed by atoms with Crippen molar-refractivity contribution >= 4 is 45.3 Å². The molecule has 1 aromatic carbocycles. The zero-order chi connectivity index (χ0) is 29.5. The second-order valence-corrected chi connectivity index (χ2v) is 12.7. The summed E-state index contributed by atoms with van der Waals surface area (Å²) in [5.74, 6) is -0.975. The number of amides is 2. The van der Waals surface area contributed by atoms with E-state index >= 15 is 4.39 Å². The van der Waals surface area contributed by atoms with Gasteiger partial charge in [-0.3, -0.25) is 14.0 Å². The standard InChI is InChI=1S/C33H33FN6O3/c1-36-9-5-33(6-10-36)7-11-39(20-33)32(43)38-13-12-37-19-24(23-15-22(34)14-21(18-38)31(23)37)29-26(41)16-27(42)30(29)25-17-35-28-4-2-3-8-40(25)28/h2-4,8,14-15,17,19H,5-7,9-13,16,18,20H2,1H3. The summed E-state index contributed by atoms with van der Waals surface area (Å²) in [4.78, 5) is 51.0. The number of allylic oxidation sites excluding steroid dienone is 2. The summed E-state index contributed by atoms with van der Waals surface area (Å²) in [5.41, 5.74) is 4.12. The number of halogens is 1. The summed E-state index contributed by atoms with van der Waals surface area (Å²) in [5, 5.41) is 0.583. The molecule has 2 amide bonds. The third kappa shape index (κ3) is 4.14. The van der Waals surface area contributed by atoms with Crippen molar-refractivity contribution in [1.29, 1.82) is 0 Å². The first kappa shape index (κ1) is 26.3. The largest absolute Gasteiger partial charge is 0.345 e. The SMILES string of the molecule is CN1CCC2(CC1)CCN(C(=O)N1CCn3cc(C4=C(c5cnc6ccccn56)C(=O)CC4=O)c4cc(F)cc(c43)C1)C2. The highest BCUT2D eigenvalue weighted by Gasteiger charge is 2.43. The minimum Gasteiger partial charge on any atom is -0.345 e. The Hall–Kier alpha value is -4.31. The molecule has 0 saturated carbocycles. The number of aromatic nitrogens is 3. The number of ketones is 2. The van der Waals surface area contributed by atoms with E-state index in [0.717, 1.165) is 51.0 Å². The smallest absolute Gasteiger partial charge is 0.320 e. The van der Waals surface area contributed by atoms with Crippen LogP contribution < -0.4 is 0 Å². The molecule has 6 heterocycles. The number of piperidine rings is 1. The van der Waals surface area contributed by atoms with Gasteiger partial charge in [0.05, 0.1) is 29.4 Å². The van der Waals surface area contributed by atoms with Gasteiger partial charge >= 0.3 is 6.03 Å². The topological polar surface area (TPSA) is 83.2 Å². The van der Waals surface area contributed by atoms with Crippen molar-refractivity contribution in [2.24, 2.45) is 5.41 Å². The summed E-state index contributed by atoms with van der Waals surface area (Å²) < 4.78 is 19.1. The van der Waals surface area contributed by atoms with E-state index in [1.165, 1.54) is 12.1 Å². The molecule has 3 aliphatic heterocycles. The van der Waals surface area contributed by atoms with E-state index in [4.69, 9.17) is 0 Å². The maximum absolute atomic E-state index is 15.3. The van der Waals surface area contributed by atoms with Gasteiger partial charge in [-0.2, -0.15) is 0 Å². The van der Waals surface area contributed by atoms with Crippen molar-refractivity contribution in [3.8, 4) is 0 Å². The van der Waals surface area contributed by atoms with Crippen molar-refractivity contribution in [3.05, 3.63) is 71.6 Å². The second-order valence-electron chi connectivity index (χ2n) is 12.7. The van der Waals surface area contributed by atoms with Gasteiger partial charge in [0.25, 0.3) is 0 Å². The molecule has 2 saturated heterocycles. The van der Waals surface area contributed by atoms with Crippen LogP contribution in [0.25, 0.3) is 27.7 Å². The lowest BCUT2D eigenvalue weighted by Gasteiger charge is -2.38. The number of rotatable bonds is 2. The van der Waals surface area contributed by atoms with E-state index in [2.05, 4.69) is 16.9 Å². The average molecular weight is 581 g/mol. The highest BCUT2D eigenvalue weighted by Crippen LogP contribution is 2.42. The molecule has 3 aromatic heterocycles. The fourth-order valence-corrected chi connectivity index (χ4v) is 7.74. The summed E-state index contributed by atoms with van der Waals surface area (Å²) in [6, 6.07) is 8.51. The van der Waals surface area contributed by atoms with Gasteiger partial charge in [0, 0.05) is 61.6 Å². The molecule has 4 aromatic rings. The Balaban J connectivity index is 1.16. The molecule has 10 heteroatoms. The molecule has 0 atom stereocenters. The molecular weight excluding hydrogens is 547 g/mol. The molecule has 0 N–H and O–H groups in total. The number of pyridine rings is 1. The quantitative estimate of drug-likeness (QED) is 0.332. The number of hydrogen-bond donors (Lipinski definition) is 0. The monoisotopic (exact) mass is 580 g/mol. The number of hydrogen-bond acceptors (Lipinski definition) is 5. The van der Waals surface area contributed by atoms with Crippen LogP contribution in [0.1, 0.15) is 42.5 Å². The van der Waals surface area contributed by atoms with Crippen molar-refractivity contribution in [2.75, 3.05) is 39.8 Å². The van der Waals surface area contributed by atoms with Crippen LogP contribution in [0.4, 0.5) is 9.18 Å². The van der Waals surface area contributed by atoms with Gasteiger partial charge in [-0.1, -0.05) is 6.07 Å². The number of nitrogens with zero attached hydrogens (tertiary/aromatic N) is 6. The summed E-state index contributed by atoms with van der Waals surface area (Å²) in [6.07, 6.45) is 8.33. The van der Waals surface area contributed by atoms with Crippen LogP contribution >= 0.6 is 0 Å². The Bertz CT molecular complexity index is 1880. The first-order valence-corrected chi connectivity index (χ1v) is 15.1. The Morgan fingerprint density at radius 2 is 1.74 bits per heavy atom. The van der Waals surface area contributed by atoms with Gasteiger partial charge in [-0.15, -0.1) is 0 Å². The molecule has 9 nitrogen and oxygen atoms in total. The molecule has 8 rings (SSSR count). The van der Waals surface area contributed by atoms with Gasteiger partial charge in [0.15, 0.2) is 11.6 Å². The van der Waals surface area contributed by atoms with Crippen LogP contribution in [-0.2, 0) is 22.7 Å². The Labute approximate surface area is 248 Å². The highest BCUT2D eigenvalue weighted by atomic mass is 19.1. The van der Waals surface area contributed by atoms with E-state index in [-0.39, 0.29) is 36.0 Å². The molecule has 43 heavy (non-hydrogen) atoms. The van der Waals surface area contributed by atoms with Gasteiger partial charge < -0.3 is 19.3 Å². The molecule has 1 aliphatic carbocycles. The molecule has 220 valence electrons. The average Bonchev–Trinajstić information content (AvgIpc) is 3.73. The number of benzene rings is 1. The van der Waals surface area contributed by atoms with Crippen LogP contribution in [0.3, 0.4) is 0 Å². The number of urea groups is 1. The maximum Gasteiger partial charge on any atom is 0.320 e. The highest BCUT2D eigenvalue weighted by molar-refractivity contribution is 6.51. The molecule has 2 fully saturated rings. The lowest BCUT2D eigenvalue weighted by atomic mass is 9.78. The third-order valence-corrected chi connectivity index (χ3v) is 10.1. The second kappa shape index (κ2) is 9.60. The molecule has 0 radical (unpaired) electrons. The third-order valence-electron chi connectivity index (χ3n) is 10.1. The Morgan fingerprint density at radius 3 is 2.58 bits per heavy atom. The number of imidazole rings is 1. The number of carbonyl (C=O) groups is 3. The molecule has 0 unspecified atom stereocenters. The molecule has 0 bridgehead atoms. The van der Waals surface area contributed by atoms with E-state index in [0.29, 0.717) is 52.1 Å². The van der Waals surface area contributed by atoms with Crippen LogP contribution in [0.2, 0.25) is 0 Å². The Morgan fingerprint density at radius 1 is 0.953 bits per heavy atom. The lowest BCUT2D eigenvalue weighted by Crippen LogP contribution is -2.45. The number of likely N-dealkylation sites (tertiary alicyclic amines) is 2. The van der Waals surface area contributed by atoms with Gasteiger partial charge in [0.1, 0.15) is 11.5 Å². The van der Waals surface area contributed by atoms with Crippen molar-refractivity contribution in [1.82, 2.24) is 28.7 Å². The fraction of sp³-hybridized carbons (Fsp3) is 0.394. The first-order valence-electron chi connectivity index (χ1n) is 15.1. The van der Waals surface area contributed by atoms with Gasteiger partial charge in [-0.25, -0.2) is 14.2 Å². The summed E-state index contributed by atoms with van der Waals surface area (Å²) in [7, 11) is 2.15. The van der Waals surface area contributed by atoms with E-state index < -0.39 is 5.82 Å². The van der Waals surface area contributed by atoms with Crippen LogP contribution in [-0.4, -0.2) is 86.0 Å². The number of fused-ring (bicyclic) bond motifs is 1. The zero-order valence-electron chi connectivity index (χ0n) is 24.2. The molecule has 4 aliphatic rings. The number of Topliss-reactive ketones (excluding diaryl/α,β-unsaturated/α-hetero) is 2. The van der Waals surface area contributed by atoms with E-state index in [1.54, 1.807) is 10.6 Å². The van der Waals surface area contributed by atoms with Crippen molar-refractivity contribution < 1.29 is 18.8 Å². The summed E-state index contributed by atoms with van der Waals surface area (Å²) in [6.45, 7) is 4.92. The minimum atomic E-state index is -0.434. The zero-order valence-corrected chi connectivity index (χ0v) is 24.2. The lowest BCUT2D eigenvalue weighted by molar-refractivity contribution is -0.119. The van der Waals surface area contributed by atoms with Gasteiger partial charge in [0.2, 0.25) is 0 Å². The van der Waals surface area contributed by atoms with Crippen molar-refractivity contribution in [3.63, 3.8) is 0 Å². The summed E-state index contributed by atoms with van der Waals surface area (Å²) >= 11 is 0. The Kier molecular flexibility index (Phi) is 5.88.